The van der Waals surface area contributed by atoms with Crippen LogP contribution in [0.1, 0.15) is 25.3 Å². The summed E-state index contributed by atoms with van der Waals surface area (Å²) in [5.41, 5.74) is 0.574. The number of likely N-dealkylation sites (tertiary alicyclic amines) is 1. The molecule has 0 radical (unpaired) electrons. The minimum Gasteiger partial charge on any atom is -0.492 e. The quantitative estimate of drug-likeness (QED) is 0.868. The molecule has 1 unspecified atom stereocenters. The molecular formula is C16H23NO3. The Balaban J connectivity index is 1.82. The maximum Gasteiger partial charge on any atom is 0.310 e. The molecule has 4 heteroatoms. The molecule has 0 bridgehead atoms. The van der Waals surface area contributed by atoms with Crippen LogP contribution in [0.5, 0.6) is 5.75 Å². The van der Waals surface area contributed by atoms with Crippen molar-refractivity contribution < 1.29 is 14.6 Å². The lowest BCUT2D eigenvalue weighted by Gasteiger charge is -2.23. The number of rotatable bonds is 6. The Morgan fingerprint density at radius 1 is 1.45 bits per heavy atom. The van der Waals surface area contributed by atoms with Gasteiger partial charge in [-0.2, -0.15) is 0 Å². The van der Waals surface area contributed by atoms with Gasteiger partial charge < -0.3 is 9.84 Å². The van der Waals surface area contributed by atoms with E-state index in [-0.39, 0.29) is 0 Å². The van der Waals surface area contributed by atoms with E-state index in [9.17, 15) is 9.90 Å². The van der Waals surface area contributed by atoms with Crippen LogP contribution < -0.4 is 4.74 Å². The van der Waals surface area contributed by atoms with E-state index in [0.29, 0.717) is 19.6 Å². The second-order valence-electron chi connectivity index (χ2n) is 5.58. The van der Waals surface area contributed by atoms with Crippen LogP contribution in [-0.4, -0.2) is 42.2 Å². The van der Waals surface area contributed by atoms with E-state index in [4.69, 9.17) is 4.74 Å². The minimum absolute atomic E-state index is 0.553. The summed E-state index contributed by atoms with van der Waals surface area (Å²) in [5, 5.41) is 9.36. The van der Waals surface area contributed by atoms with Crippen LogP contribution in [0.3, 0.4) is 0 Å². The Labute approximate surface area is 120 Å². The first-order valence-corrected chi connectivity index (χ1v) is 7.21. The van der Waals surface area contributed by atoms with Gasteiger partial charge in [0.2, 0.25) is 0 Å². The number of hydrogen-bond acceptors (Lipinski definition) is 3. The summed E-state index contributed by atoms with van der Waals surface area (Å²) in [4.78, 5) is 13.6. The van der Waals surface area contributed by atoms with E-state index in [0.717, 1.165) is 30.8 Å². The minimum atomic E-state index is -0.665. The standard InChI is InChI=1S/C16H23NO3/c1-3-16(15(18)19)8-9-17(12-16)10-11-20-14-7-5-4-6-13(14)2/h4-7H,3,8-12H2,1-2H3,(H,18,19). The monoisotopic (exact) mass is 277 g/mol. The van der Waals surface area contributed by atoms with Crippen molar-refractivity contribution in [2.75, 3.05) is 26.2 Å². The van der Waals surface area contributed by atoms with E-state index in [1.165, 1.54) is 0 Å². The van der Waals surface area contributed by atoms with Crippen molar-refractivity contribution in [2.24, 2.45) is 5.41 Å². The van der Waals surface area contributed by atoms with Crippen LogP contribution in [0.25, 0.3) is 0 Å². The lowest BCUT2D eigenvalue weighted by Crippen LogP contribution is -2.35. The van der Waals surface area contributed by atoms with Crippen molar-refractivity contribution >= 4 is 5.97 Å². The van der Waals surface area contributed by atoms with Crippen molar-refractivity contribution in [3.05, 3.63) is 29.8 Å². The molecule has 0 aromatic heterocycles. The van der Waals surface area contributed by atoms with Crippen LogP contribution in [0.4, 0.5) is 0 Å². The highest BCUT2D eigenvalue weighted by molar-refractivity contribution is 5.75. The summed E-state index contributed by atoms with van der Waals surface area (Å²) in [6, 6.07) is 7.94. The van der Waals surface area contributed by atoms with Crippen LogP contribution in [0.2, 0.25) is 0 Å². The smallest absolute Gasteiger partial charge is 0.310 e. The second-order valence-corrected chi connectivity index (χ2v) is 5.58. The first kappa shape index (κ1) is 14.9. The lowest BCUT2D eigenvalue weighted by molar-refractivity contribution is -0.148. The topological polar surface area (TPSA) is 49.8 Å². The van der Waals surface area contributed by atoms with Crippen molar-refractivity contribution in [3.8, 4) is 5.75 Å². The number of ether oxygens (including phenoxy) is 1. The first-order chi connectivity index (χ1) is 9.57. The molecule has 4 nitrogen and oxygen atoms in total. The zero-order chi connectivity index (χ0) is 14.6. The third-order valence-electron chi connectivity index (χ3n) is 4.32. The predicted molar refractivity (Wildman–Crippen MR) is 78.1 cm³/mol. The SMILES string of the molecule is CCC1(C(=O)O)CCN(CCOc2ccccc2C)C1. The van der Waals surface area contributed by atoms with Gasteiger partial charge >= 0.3 is 5.97 Å². The summed E-state index contributed by atoms with van der Waals surface area (Å²) in [7, 11) is 0. The number of carbonyl (C=O) groups is 1. The Morgan fingerprint density at radius 3 is 2.80 bits per heavy atom. The average molecular weight is 277 g/mol. The number of benzene rings is 1. The zero-order valence-corrected chi connectivity index (χ0v) is 12.3. The van der Waals surface area contributed by atoms with E-state index in [1.807, 2.05) is 38.1 Å². The summed E-state index contributed by atoms with van der Waals surface area (Å²) >= 11 is 0. The molecule has 1 saturated heterocycles. The number of aryl methyl sites for hydroxylation is 1. The molecule has 0 saturated carbocycles. The average Bonchev–Trinajstić information content (AvgIpc) is 2.86. The second kappa shape index (κ2) is 6.27. The molecule has 1 aliphatic heterocycles. The van der Waals surface area contributed by atoms with E-state index >= 15 is 0 Å². The molecule has 1 aromatic rings. The molecule has 0 spiro atoms. The van der Waals surface area contributed by atoms with Crippen molar-refractivity contribution in [1.29, 1.82) is 0 Å². The molecule has 110 valence electrons. The third kappa shape index (κ3) is 3.12. The van der Waals surface area contributed by atoms with Gasteiger partial charge in [0.1, 0.15) is 12.4 Å². The number of nitrogens with zero attached hydrogens (tertiary/aromatic N) is 1. The Hall–Kier alpha value is -1.55. The molecule has 1 atom stereocenters. The zero-order valence-electron chi connectivity index (χ0n) is 12.3. The summed E-state index contributed by atoms with van der Waals surface area (Å²) in [6.07, 6.45) is 1.43. The summed E-state index contributed by atoms with van der Waals surface area (Å²) in [6.45, 7) is 6.85. The molecule has 2 rings (SSSR count). The summed E-state index contributed by atoms with van der Waals surface area (Å²) < 4.78 is 5.77. The first-order valence-electron chi connectivity index (χ1n) is 7.21. The van der Waals surface area contributed by atoms with Gasteiger partial charge in [0.05, 0.1) is 5.41 Å². The Kier molecular flexibility index (Phi) is 4.65. The number of para-hydroxylation sites is 1. The summed E-state index contributed by atoms with van der Waals surface area (Å²) in [5.74, 6) is 0.244. The largest absolute Gasteiger partial charge is 0.492 e. The van der Waals surface area contributed by atoms with E-state index < -0.39 is 11.4 Å². The van der Waals surface area contributed by atoms with Gasteiger partial charge in [0.15, 0.2) is 0 Å². The van der Waals surface area contributed by atoms with Gasteiger partial charge in [-0.05, 0) is 37.9 Å². The lowest BCUT2D eigenvalue weighted by atomic mass is 9.84. The fraction of sp³-hybridized carbons (Fsp3) is 0.562. The number of aliphatic carboxylic acids is 1. The van der Waals surface area contributed by atoms with Gasteiger partial charge in [0.25, 0.3) is 0 Å². The molecule has 1 fully saturated rings. The molecule has 1 aromatic carbocycles. The molecule has 1 heterocycles. The molecule has 0 aliphatic carbocycles. The Morgan fingerprint density at radius 2 is 2.20 bits per heavy atom. The van der Waals surface area contributed by atoms with Crippen LogP contribution in [0, 0.1) is 12.3 Å². The molecular weight excluding hydrogens is 254 g/mol. The number of carboxylic acid groups (broad SMARTS) is 1. The van der Waals surface area contributed by atoms with Gasteiger partial charge in [-0.25, -0.2) is 0 Å². The maximum absolute atomic E-state index is 11.4. The maximum atomic E-state index is 11.4. The normalized spacial score (nSPS) is 22.9. The highest BCUT2D eigenvalue weighted by Crippen LogP contribution is 2.33. The third-order valence-corrected chi connectivity index (χ3v) is 4.32. The number of hydrogen-bond donors (Lipinski definition) is 1. The van der Waals surface area contributed by atoms with Gasteiger partial charge in [-0.15, -0.1) is 0 Å². The fourth-order valence-electron chi connectivity index (χ4n) is 2.77. The van der Waals surface area contributed by atoms with Gasteiger partial charge in [-0.3, -0.25) is 9.69 Å². The van der Waals surface area contributed by atoms with Crippen molar-refractivity contribution in [1.82, 2.24) is 4.90 Å². The van der Waals surface area contributed by atoms with E-state index in [1.54, 1.807) is 0 Å². The predicted octanol–water partition coefficient (Wildman–Crippen LogP) is 2.56. The molecule has 20 heavy (non-hydrogen) atoms. The van der Waals surface area contributed by atoms with E-state index in [2.05, 4.69) is 4.90 Å². The highest BCUT2D eigenvalue weighted by Gasteiger charge is 2.42. The van der Waals surface area contributed by atoms with Crippen LogP contribution in [-0.2, 0) is 4.79 Å². The van der Waals surface area contributed by atoms with Crippen molar-refractivity contribution in [2.45, 2.75) is 26.7 Å². The highest BCUT2D eigenvalue weighted by atomic mass is 16.5. The molecule has 1 N–H and O–H groups in total. The molecule has 0 amide bonds. The Bertz CT molecular complexity index is 475. The number of carboxylic acids is 1. The van der Waals surface area contributed by atoms with Crippen LogP contribution in [0.15, 0.2) is 24.3 Å². The van der Waals surface area contributed by atoms with Gasteiger partial charge in [-0.1, -0.05) is 25.1 Å². The van der Waals surface area contributed by atoms with Crippen molar-refractivity contribution in [3.63, 3.8) is 0 Å². The fourth-order valence-corrected chi connectivity index (χ4v) is 2.77. The van der Waals surface area contributed by atoms with Gasteiger partial charge in [0, 0.05) is 13.1 Å². The van der Waals surface area contributed by atoms with Crippen LogP contribution >= 0.6 is 0 Å². The molecule has 1 aliphatic rings.